The van der Waals surface area contributed by atoms with Crippen LogP contribution in [-0.2, 0) is 36.9 Å². The first-order chi connectivity index (χ1) is 26.7. The van der Waals surface area contributed by atoms with Gasteiger partial charge in [0, 0.05) is 35.7 Å². The molecular formula is C41H56N6O7S2. The van der Waals surface area contributed by atoms with Crippen LogP contribution in [0.3, 0.4) is 0 Å². The number of benzene rings is 1. The molecule has 0 bridgehead atoms. The summed E-state index contributed by atoms with van der Waals surface area (Å²) in [5, 5.41) is 11.4. The number of aryl methyl sites for hydroxylation is 1. The van der Waals surface area contributed by atoms with Gasteiger partial charge in [-0.05, 0) is 95.2 Å². The monoisotopic (exact) mass is 808 g/mol. The molecule has 13 nitrogen and oxygen atoms in total. The molecule has 2 saturated heterocycles. The van der Waals surface area contributed by atoms with Gasteiger partial charge in [0.1, 0.15) is 29.3 Å². The van der Waals surface area contributed by atoms with Gasteiger partial charge in [0.2, 0.25) is 11.8 Å². The summed E-state index contributed by atoms with van der Waals surface area (Å²) in [6, 6.07) is 4.13. The normalized spacial score (nSPS) is 27.5. The second-order valence-electron chi connectivity index (χ2n) is 17.0. The lowest BCUT2D eigenvalue weighted by Crippen LogP contribution is -2.57. The van der Waals surface area contributed by atoms with Crippen molar-refractivity contribution >= 4 is 57.3 Å². The summed E-state index contributed by atoms with van der Waals surface area (Å²) >= 11 is 1.59. The minimum atomic E-state index is -1.06. The first-order valence-corrected chi connectivity index (χ1v) is 22.4. The van der Waals surface area contributed by atoms with E-state index in [9.17, 15) is 24.0 Å². The Kier molecular flexibility index (Phi) is 11.8. The Bertz CT molecular complexity index is 1890. The molecule has 5 amide bonds. The second-order valence-corrected chi connectivity index (χ2v) is 20.1. The molecular weight excluding hydrogens is 753 g/mol. The molecule has 2 saturated carbocycles. The van der Waals surface area contributed by atoms with Gasteiger partial charge in [-0.25, -0.2) is 14.6 Å². The number of hydrogen-bond acceptors (Lipinski definition) is 9. The second kappa shape index (κ2) is 16.5. The Morgan fingerprint density at radius 3 is 2.46 bits per heavy atom. The summed E-state index contributed by atoms with van der Waals surface area (Å²) in [6.45, 7) is 9.92. The molecule has 1 aromatic heterocycles. The average molecular weight is 809 g/mol. The van der Waals surface area contributed by atoms with Gasteiger partial charge in [-0.3, -0.25) is 19.3 Å². The third-order valence-corrected chi connectivity index (χ3v) is 14.3. The van der Waals surface area contributed by atoms with Crippen LogP contribution in [0.4, 0.5) is 9.59 Å². The lowest BCUT2D eigenvalue weighted by Gasteiger charge is -2.30. The highest BCUT2D eigenvalue weighted by Crippen LogP contribution is 2.49. The molecule has 6 atom stereocenters. The van der Waals surface area contributed by atoms with Crippen LogP contribution >= 0.6 is 22.0 Å². The van der Waals surface area contributed by atoms with E-state index in [0.717, 1.165) is 72.3 Å². The standard InChI is InChI=1S/C41H56N6O7S2/c1-6-56(31-16-17-31)45-37(50)41-20-29(41)12-10-8-7-9-11-13-32(43-38(51)54-40(3,4)5)36(49)47-23-30(19-34(47)35(48)44-41)53-39(52)46-21-27-15-14-26(18-28(27)22-46)33-24-55-25(2)42-33/h6,14-15,18,24,29-32,34H,7-13,16-17,19-23H2,1-5H3,(H,43,51)(H,44,48)(H,45,50)/t29-,30-,32+,34+,41-,56?/m1/s1. The van der Waals surface area contributed by atoms with Crippen LogP contribution in [0.1, 0.15) is 114 Å². The number of ether oxygens (including phenoxy) is 2. The third kappa shape index (κ3) is 9.25. The van der Waals surface area contributed by atoms with Gasteiger partial charge in [-0.2, -0.15) is 0 Å². The van der Waals surface area contributed by atoms with Gasteiger partial charge in [-0.1, -0.05) is 54.9 Å². The predicted molar refractivity (Wildman–Crippen MR) is 217 cm³/mol. The van der Waals surface area contributed by atoms with Gasteiger partial charge in [0.05, 0.1) is 17.2 Å². The van der Waals surface area contributed by atoms with Crippen molar-refractivity contribution in [2.75, 3.05) is 6.54 Å². The molecule has 0 spiro atoms. The van der Waals surface area contributed by atoms with Gasteiger partial charge in [-0.15, -0.1) is 11.3 Å². The van der Waals surface area contributed by atoms with Crippen LogP contribution in [-0.4, -0.2) is 91.2 Å². The molecule has 56 heavy (non-hydrogen) atoms. The van der Waals surface area contributed by atoms with Gasteiger partial charge >= 0.3 is 12.2 Å². The van der Waals surface area contributed by atoms with Crippen molar-refractivity contribution in [1.29, 1.82) is 0 Å². The maximum absolute atomic E-state index is 14.5. The Labute approximate surface area is 336 Å². The largest absolute Gasteiger partial charge is 0.444 e. The Morgan fingerprint density at radius 1 is 1.04 bits per heavy atom. The lowest BCUT2D eigenvalue weighted by atomic mass is 10.0. The number of nitrogens with one attached hydrogen (secondary N) is 3. The number of fused-ring (bicyclic) bond motifs is 3. The summed E-state index contributed by atoms with van der Waals surface area (Å²) < 4.78 is 14.9. The van der Waals surface area contributed by atoms with E-state index in [1.807, 2.05) is 36.7 Å². The van der Waals surface area contributed by atoms with E-state index in [1.165, 1.54) is 4.90 Å². The van der Waals surface area contributed by atoms with Crippen LogP contribution in [0.15, 0.2) is 23.6 Å². The number of thiazole rings is 1. The molecule has 15 heteroatoms. The molecule has 5 aliphatic rings. The maximum atomic E-state index is 14.5. The highest BCUT2D eigenvalue weighted by molar-refractivity contribution is 8.14. The number of carbonyl (C=O) groups is 5. The van der Waals surface area contributed by atoms with Crippen molar-refractivity contribution in [3.63, 3.8) is 0 Å². The van der Waals surface area contributed by atoms with E-state index >= 15 is 0 Å². The summed E-state index contributed by atoms with van der Waals surface area (Å²) in [7, 11) is -0.371. The summed E-state index contributed by atoms with van der Waals surface area (Å²) in [4.78, 5) is 77.5. The molecule has 3 aliphatic heterocycles. The topological polar surface area (TPSA) is 159 Å². The summed E-state index contributed by atoms with van der Waals surface area (Å²) in [5.41, 5.74) is 2.09. The highest BCUT2D eigenvalue weighted by atomic mass is 32.2. The molecule has 2 aliphatic carbocycles. The van der Waals surface area contributed by atoms with Gasteiger partial charge < -0.3 is 29.7 Å². The number of alkyl carbamates (subject to hydrolysis) is 1. The molecule has 3 N–H and O–H groups in total. The Morgan fingerprint density at radius 2 is 1.77 bits per heavy atom. The fraction of sp³-hybridized carbons (Fsp3) is 0.634. The van der Waals surface area contributed by atoms with E-state index in [2.05, 4.69) is 26.4 Å². The number of rotatable bonds is 6. The highest BCUT2D eigenvalue weighted by Gasteiger charge is 2.62. The molecule has 1 unspecified atom stereocenters. The van der Waals surface area contributed by atoms with Crippen LogP contribution < -0.4 is 15.4 Å². The van der Waals surface area contributed by atoms with Crippen LogP contribution in [0, 0.1) is 12.8 Å². The number of aromatic nitrogens is 1. The molecule has 1 aromatic carbocycles. The smallest absolute Gasteiger partial charge is 0.410 e. The average Bonchev–Trinajstić information content (AvgIpc) is 3.93. The predicted octanol–water partition coefficient (Wildman–Crippen LogP) is 6.34. The zero-order valence-electron chi connectivity index (χ0n) is 33.2. The minimum Gasteiger partial charge on any atom is -0.444 e. The lowest BCUT2D eigenvalue weighted by molar-refractivity contribution is -0.141. The number of nitrogens with zero attached hydrogens (tertiary/aromatic N) is 3. The maximum Gasteiger partial charge on any atom is 0.410 e. The third-order valence-electron chi connectivity index (χ3n) is 11.5. The molecule has 0 radical (unpaired) electrons. The van der Waals surface area contributed by atoms with Crippen molar-refractivity contribution in [1.82, 2.24) is 30.1 Å². The number of hydrogen-bond donors (Lipinski definition) is 3. The number of carbonyl (C=O) groups excluding carboxylic acids is 5. The van der Waals surface area contributed by atoms with Crippen LogP contribution in [0.2, 0.25) is 0 Å². The SMILES string of the molecule is C/C=S(/NC(=O)[C@@]12C[C@H]1CCCCCCC[C@H](NC(=O)OC(C)(C)C)C(=O)N1C[C@H](OC(=O)N3Cc4ccc(-c5csc(C)n5)cc4C3)C[C@H]1C(=O)N2)C1CC1. The molecule has 304 valence electrons. The van der Waals surface area contributed by atoms with E-state index in [-0.39, 0.29) is 35.5 Å². The van der Waals surface area contributed by atoms with Gasteiger partial charge in [0.25, 0.3) is 5.91 Å². The van der Waals surface area contributed by atoms with Gasteiger partial charge in [0.15, 0.2) is 0 Å². The quantitative estimate of drug-likeness (QED) is 0.286. The summed E-state index contributed by atoms with van der Waals surface area (Å²) in [6.07, 6.45) is 6.35. The number of amides is 5. The fourth-order valence-electron chi connectivity index (χ4n) is 8.27. The molecule has 2 aromatic rings. The van der Waals surface area contributed by atoms with Crippen LogP contribution in [0.5, 0.6) is 0 Å². The Hall–Kier alpha value is -3.98. The van der Waals surface area contributed by atoms with E-state index in [4.69, 9.17) is 9.47 Å². The molecule has 4 fully saturated rings. The summed E-state index contributed by atoms with van der Waals surface area (Å²) in [5.74, 6) is -1.07. The first kappa shape index (κ1) is 40.2. The zero-order chi connectivity index (χ0) is 39.8. The van der Waals surface area contributed by atoms with E-state index < -0.39 is 53.3 Å². The molecule has 7 rings (SSSR count). The van der Waals surface area contributed by atoms with E-state index in [1.54, 1.807) is 37.0 Å². The van der Waals surface area contributed by atoms with Crippen LogP contribution in [0.25, 0.3) is 11.3 Å². The first-order valence-electron chi connectivity index (χ1n) is 20.2. The van der Waals surface area contributed by atoms with Crippen molar-refractivity contribution in [3.05, 3.63) is 39.7 Å². The van der Waals surface area contributed by atoms with Crippen molar-refractivity contribution in [2.45, 2.75) is 153 Å². The van der Waals surface area contributed by atoms with Crippen molar-refractivity contribution < 1.29 is 33.4 Å². The van der Waals surface area contributed by atoms with E-state index in [0.29, 0.717) is 37.6 Å². The fourth-order valence-corrected chi connectivity index (χ4v) is 10.6. The Balaban J connectivity index is 1.10. The minimum absolute atomic E-state index is 0.00398. The zero-order valence-corrected chi connectivity index (χ0v) is 34.8. The molecule has 4 heterocycles. The van der Waals surface area contributed by atoms with Crippen molar-refractivity contribution in [2.24, 2.45) is 5.92 Å². The van der Waals surface area contributed by atoms with Crippen molar-refractivity contribution in [3.8, 4) is 11.3 Å².